The number of aliphatic imine (C=N–C) groups is 1. The van der Waals surface area contributed by atoms with E-state index in [1.165, 1.54) is 22.7 Å². The van der Waals surface area contributed by atoms with Crippen LogP contribution in [-0.4, -0.2) is 51.7 Å². The van der Waals surface area contributed by atoms with Gasteiger partial charge in [0.1, 0.15) is 12.5 Å². The Balaban J connectivity index is 1.76. The fourth-order valence-corrected chi connectivity index (χ4v) is 3.81. The Labute approximate surface area is 119 Å². The second-order valence-electron chi connectivity index (χ2n) is 4.59. The Kier molecular flexibility index (Phi) is 3.21. The van der Waals surface area contributed by atoms with Gasteiger partial charge in [-0.05, 0) is 11.1 Å². The Morgan fingerprint density at radius 1 is 1.65 bits per heavy atom. The number of hydrogen-bond donors (Lipinski definition) is 1. The molecule has 3 atom stereocenters. The predicted octanol–water partition coefficient (Wildman–Crippen LogP) is -1.90. The number of hydrogen-bond acceptors (Lipinski definition) is 7. The van der Waals surface area contributed by atoms with Crippen molar-refractivity contribution in [2.45, 2.75) is 11.5 Å². The highest BCUT2D eigenvalue weighted by Gasteiger charge is 2.54. The average Bonchev–Trinajstić information content (AvgIpc) is 2.46. The number of nitrogens with two attached hydrogens (primary N) is 1. The maximum Gasteiger partial charge on any atom is 0.237 e. The molecule has 3 rings (SSSR count). The zero-order valence-corrected chi connectivity index (χ0v) is 11.2. The third-order valence-corrected chi connectivity index (χ3v) is 4.73. The fraction of sp³-hybridized carbons (Fsp3) is 0.417. The van der Waals surface area contributed by atoms with Crippen molar-refractivity contribution in [1.29, 1.82) is 0 Å². The van der Waals surface area contributed by atoms with Gasteiger partial charge in [0.25, 0.3) is 0 Å². The molecular weight excluding hydrogens is 280 g/mol. The van der Waals surface area contributed by atoms with Crippen LogP contribution in [0.2, 0.25) is 0 Å². The number of carboxylic acids is 1. The summed E-state index contributed by atoms with van der Waals surface area (Å²) >= 11 is 1.50. The van der Waals surface area contributed by atoms with Gasteiger partial charge in [0, 0.05) is 5.75 Å². The minimum atomic E-state index is -1.32. The third-order valence-electron chi connectivity index (χ3n) is 3.53. The van der Waals surface area contributed by atoms with Crippen molar-refractivity contribution in [3.8, 4) is 0 Å². The number of rotatable bonds is 3. The molecule has 0 saturated carbocycles. The van der Waals surface area contributed by atoms with E-state index in [0.717, 1.165) is 0 Å². The van der Waals surface area contributed by atoms with Gasteiger partial charge in [0.2, 0.25) is 12.1 Å². The van der Waals surface area contributed by atoms with Crippen LogP contribution in [0.25, 0.3) is 0 Å². The first-order chi connectivity index (χ1) is 9.61. The van der Waals surface area contributed by atoms with Gasteiger partial charge in [-0.15, -0.1) is 11.8 Å². The largest absolute Gasteiger partial charge is 0.543 e. The van der Waals surface area contributed by atoms with Gasteiger partial charge in [-0.25, -0.2) is 0 Å². The highest BCUT2D eigenvalue weighted by Crippen LogP contribution is 2.42. The van der Waals surface area contributed by atoms with Crippen LogP contribution in [-0.2, 0) is 9.59 Å². The third kappa shape index (κ3) is 1.89. The number of carbonyl (C=O) groups excluding carboxylic acids is 2. The molecule has 0 bridgehead atoms. The maximum atomic E-state index is 12.2. The minimum Gasteiger partial charge on any atom is -0.543 e. The summed E-state index contributed by atoms with van der Waals surface area (Å²) in [6.07, 6.45) is 6.92. The SMILES string of the molecule is NC(C1C(=O)N2C(C(=O)[O-])=CCS[C@@H]12)N1C=[C+]N=CC1. The zero-order valence-electron chi connectivity index (χ0n) is 10.4. The summed E-state index contributed by atoms with van der Waals surface area (Å²) < 4.78 is 0. The molecule has 2 N–H and O–H groups in total. The second kappa shape index (κ2) is 4.90. The van der Waals surface area contributed by atoms with Crippen LogP contribution in [0.5, 0.6) is 0 Å². The van der Waals surface area contributed by atoms with Crippen LogP contribution in [0.4, 0.5) is 0 Å². The average molecular weight is 292 g/mol. The van der Waals surface area contributed by atoms with Crippen molar-refractivity contribution in [2.24, 2.45) is 16.6 Å². The van der Waals surface area contributed by atoms with Crippen molar-refractivity contribution in [3.63, 3.8) is 0 Å². The van der Waals surface area contributed by atoms with E-state index >= 15 is 0 Å². The maximum absolute atomic E-state index is 12.2. The molecule has 3 aliphatic heterocycles. The van der Waals surface area contributed by atoms with Gasteiger partial charge in [0.05, 0.1) is 23.2 Å². The van der Waals surface area contributed by atoms with E-state index in [1.54, 1.807) is 17.3 Å². The number of fused-ring (bicyclic) bond motifs is 1. The normalized spacial score (nSPS) is 29.2. The molecule has 8 heteroatoms. The molecule has 0 radical (unpaired) electrons. The first-order valence-corrected chi connectivity index (χ1v) is 7.14. The molecule has 1 fully saturated rings. The van der Waals surface area contributed by atoms with Crippen molar-refractivity contribution in [1.82, 2.24) is 9.80 Å². The lowest BCUT2D eigenvalue weighted by Gasteiger charge is -2.52. The second-order valence-corrected chi connectivity index (χ2v) is 5.74. The molecule has 7 nitrogen and oxygen atoms in total. The fourth-order valence-electron chi connectivity index (χ4n) is 2.50. The molecule has 1 amide bonds. The molecule has 0 spiro atoms. The Morgan fingerprint density at radius 2 is 2.45 bits per heavy atom. The Bertz CT molecular complexity index is 545. The van der Waals surface area contributed by atoms with Crippen LogP contribution < -0.4 is 10.8 Å². The van der Waals surface area contributed by atoms with Crippen molar-refractivity contribution in [2.75, 3.05) is 12.3 Å². The van der Waals surface area contributed by atoms with Gasteiger partial charge < -0.3 is 20.5 Å². The molecule has 0 aromatic rings. The summed E-state index contributed by atoms with van der Waals surface area (Å²) in [7, 11) is 0. The molecule has 3 heterocycles. The number of β-lactam (4-membered cyclic amide) rings is 1. The van der Waals surface area contributed by atoms with Gasteiger partial charge in [-0.1, -0.05) is 0 Å². The lowest BCUT2D eigenvalue weighted by Crippen LogP contribution is -2.69. The predicted molar refractivity (Wildman–Crippen MR) is 70.7 cm³/mol. The smallest absolute Gasteiger partial charge is 0.237 e. The topological polar surface area (TPSA) is 102 Å². The number of amides is 1. The number of carbonyl (C=O) groups is 2. The van der Waals surface area contributed by atoms with Gasteiger partial charge in [-0.2, -0.15) is 0 Å². The zero-order chi connectivity index (χ0) is 14.3. The summed E-state index contributed by atoms with van der Waals surface area (Å²) in [5.41, 5.74) is 6.07. The molecule has 1 saturated heterocycles. The Hall–Kier alpha value is -1.89. The molecule has 0 aromatic carbocycles. The summed E-state index contributed by atoms with van der Waals surface area (Å²) in [5, 5.41) is 10.8. The lowest BCUT2D eigenvalue weighted by molar-refractivity contribution is -0.301. The van der Waals surface area contributed by atoms with Gasteiger partial charge in [0.15, 0.2) is 12.4 Å². The first kappa shape index (κ1) is 13.1. The van der Waals surface area contributed by atoms with E-state index in [2.05, 4.69) is 11.2 Å². The van der Waals surface area contributed by atoms with E-state index in [9.17, 15) is 14.7 Å². The summed E-state index contributed by atoms with van der Waals surface area (Å²) in [4.78, 5) is 30.1. The molecule has 0 aromatic heterocycles. The molecular formula is C12H12N4O3S. The summed E-state index contributed by atoms with van der Waals surface area (Å²) in [6.45, 7) is 0.512. The highest BCUT2D eigenvalue weighted by atomic mass is 32.2. The highest BCUT2D eigenvalue weighted by molar-refractivity contribution is 8.00. The Morgan fingerprint density at radius 3 is 3.10 bits per heavy atom. The van der Waals surface area contributed by atoms with E-state index in [1.807, 2.05) is 0 Å². The number of thioether (sulfide) groups is 1. The summed E-state index contributed by atoms with van der Waals surface area (Å²) in [5.74, 6) is -1.51. The van der Waals surface area contributed by atoms with Crippen LogP contribution in [0.3, 0.4) is 0 Å². The number of aliphatic carboxylic acids is 1. The van der Waals surface area contributed by atoms with Crippen LogP contribution >= 0.6 is 11.8 Å². The molecule has 3 aliphatic rings. The molecule has 0 aliphatic carbocycles. The van der Waals surface area contributed by atoms with Crippen LogP contribution in [0.1, 0.15) is 0 Å². The first-order valence-electron chi connectivity index (χ1n) is 6.09. The van der Waals surface area contributed by atoms with E-state index in [-0.39, 0.29) is 17.0 Å². The monoisotopic (exact) mass is 292 g/mol. The molecule has 104 valence electrons. The van der Waals surface area contributed by atoms with Crippen molar-refractivity contribution < 1.29 is 14.7 Å². The quantitative estimate of drug-likeness (QED) is 0.481. The van der Waals surface area contributed by atoms with Crippen molar-refractivity contribution in [3.05, 3.63) is 24.2 Å². The van der Waals surface area contributed by atoms with Gasteiger partial charge in [-0.3, -0.25) is 9.69 Å². The molecule has 20 heavy (non-hydrogen) atoms. The van der Waals surface area contributed by atoms with Crippen LogP contribution in [0, 0.1) is 12.1 Å². The van der Waals surface area contributed by atoms with E-state index < -0.39 is 18.1 Å². The standard InChI is InChI=1S/C12H12N4O3S/c13-9(15-4-2-14-3-5-15)8-10(17)16-7(12(18)19)1-6-20-11(8)16/h1-2,5,8-9,11H,4,6,13H2/t8?,9?,11-/m0/s1. The minimum absolute atomic E-state index is 0.0514. The van der Waals surface area contributed by atoms with Crippen LogP contribution in [0.15, 0.2) is 23.0 Å². The number of carboxylic acid groups (broad SMARTS) is 1. The molecule has 2 unspecified atom stereocenters. The number of nitrogens with zero attached hydrogens (tertiary/aromatic N) is 3. The van der Waals surface area contributed by atoms with E-state index in [4.69, 9.17) is 5.73 Å². The van der Waals surface area contributed by atoms with Gasteiger partial charge >= 0.3 is 0 Å². The van der Waals surface area contributed by atoms with Crippen molar-refractivity contribution >= 4 is 29.9 Å². The summed E-state index contributed by atoms with van der Waals surface area (Å²) in [6, 6.07) is 0. The van der Waals surface area contributed by atoms with E-state index in [0.29, 0.717) is 12.3 Å². The lowest BCUT2D eigenvalue weighted by atomic mass is 9.92.